The number of hydrogen-bond donors (Lipinski definition) is 1. The van der Waals surface area contributed by atoms with Crippen molar-refractivity contribution in [1.82, 2.24) is 9.71 Å². The minimum atomic E-state index is -3.79. The summed E-state index contributed by atoms with van der Waals surface area (Å²) >= 11 is 0. The molecule has 0 bridgehead atoms. The second-order valence-corrected chi connectivity index (χ2v) is 7.72. The minimum absolute atomic E-state index is 0.0260. The molecular formula is C18H19N3O3S. The van der Waals surface area contributed by atoms with Crippen LogP contribution in [0.5, 0.6) is 0 Å². The number of hydrogen-bond acceptors (Lipinski definition) is 5. The van der Waals surface area contributed by atoms with Gasteiger partial charge in [0.05, 0.1) is 12.2 Å². The standard InChI is InChI=1S/C18H19N3O3S/c1-2-18(17-6-4-3-5-15(17)7-8-24-18)13-21-25(22,23)16-9-14(10-19)11-20-12-16/h3-6,9,11-12,21H,2,7-8,13H2,1H3. The van der Waals surface area contributed by atoms with Crippen LogP contribution in [0, 0.1) is 11.3 Å². The molecule has 2 aromatic rings. The van der Waals surface area contributed by atoms with Crippen molar-refractivity contribution in [2.75, 3.05) is 13.2 Å². The Hall–Kier alpha value is -2.27. The van der Waals surface area contributed by atoms with E-state index < -0.39 is 15.6 Å². The molecule has 1 aromatic heterocycles. The Bertz CT molecular complexity index is 921. The van der Waals surface area contributed by atoms with E-state index in [1.54, 1.807) is 0 Å². The first-order valence-corrected chi connectivity index (χ1v) is 9.56. The van der Waals surface area contributed by atoms with Crippen molar-refractivity contribution >= 4 is 10.0 Å². The fraction of sp³-hybridized carbons (Fsp3) is 0.333. The topological polar surface area (TPSA) is 92.1 Å². The summed E-state index contributed by atoms with van der Waals surface area (Å²) in [6.07, 6.45) is 4.02. The van der Waals surface area contributed by atoms with Crippen molar-refractivity contribution in [1.29, 1.82) is 5.26 Å². The number of rotatable bonds is 5. The van der Waals surface area contributed by atoms with Gasteiger partial charge in [-0.25, -0.2) is 13.1 Å². The van der Waals surface area contributed by atoms with Gasteiger partial charge in [-0.05, 0) is 30.0 Å². The molecule has 6 nitrogen and oxygen atoms in total. The maximum atomic E-state index is 12.6. The van der Waals surface area contributed by atoms with Crippen LogP contribution in [0.4, 0.5) is 0 Å². The predicted molar refractivity (Wildman–Crippen MR) is 92.2 cm³/mol. The lowest BCUT2D eigenvalue weighted by Crippen LogP contribution is -2.45. The summed E-state index contributed by atoms with van der Waals surface area (Å²) in [5.74, 6) is 0. The largest absolute Gasteiger partial charge is 0.369 e. The summed E-state index contributed by atoms with van der Waals surface area (Å²) in [5, 5.41) is 8.92. The molecule has 0 saturated heterocycles. The Balaban J connectivity index is 1.88. The van der Waals surface area contributed by atoms with Crippen molar-refractivity contribution in [3.05, 3.63) is 59.4 Å². The monoisotopic (exact) mass is 357 g/mol. The molecule has 1 aromatic carbocycles. The lowest BCUT2D eigenvalue weighted by Gasteiger charge is -2.38. The Morgan fingerprint density at radius 2 is 2.16 bits per heavy atom. The molecule has 0 amide bonds. The molecular weight excluding hydrogens is 338 g/mol. The third kappa shape index (κ3) is 3.42. The molecule has 0 spiro atoms. The fourth-order valence-electron chi connectivity index (χ4n) is 3.10. The van der Waals surface area contributed by atoms with Crippen LogP contribution in [0.3, 0.4) is 0 Å². The van der Waals surface area contributed by atoms with Crippen molar-refractivity contribution < 1.29 is 13.2 Å². The van der Waals surface area contributed by atoms with Gasteiger partial charge < -0.3 is 4.74 Å². The molecule has 130 valence electrons. The molecule has 3 rings (SSSR count). The zero-order valence-electron chi connectivity index (χ0n) is 13.9. The zero-order valence-corrected chi connectivity index (χ0v) is 14.7. The quantitative estimate of drug-likeness (QED) is 0.885. The van der Waals surface area contributed by atoms with E-state index in [2.05, 4.69) is 15.8 Å². The zero-order chi connectivity index (χ0) is 17.9. The Morgan fingerprint density at radius 1 is 1.36 bits per heavy atom. The second-order valence-electron chi connectivity index (χ2n) is 5.95. The first kappa shape index (κ1) is 17.5. The molecule has 1 unspecified atom stereocenters. The van der Waals surface area contributed by atoms with Crippen LogP contribution in [0.1, 0.15) is 30.0 Å². The Labute approximate surface area is 147 Å². The number of fused-ring (bicyclic) bond motifs is 1. The molecule has 1 aliphatic heterocycles. The molecule has 1 N–H and O–H groups in total. The Kier molecular flexibility index (Phi) is 4.86. The normalized spacial score (nSPS) is 19.8. The summed E-state index contributed by atoms with van der Waals surface area (Å²) in [7, 11) is -3.79. The van der Waals surface area contributed by atoms with Gasteiger partial charge in [0, 0.05) is 18.9 Å². The number of nitrogens with one attached hydrogen (secondary N) is 1. The number of benzene rings is 1. The summed E-state index contributed by atoms with van der Waals surface area (Å²) in [4.78, 5) is 3.79. The molecule has 2 heterocycles. The first-order valence-electron chi connectivity index (χ1n) is 8.08. The summed E-state index contributed by atoms with van der Waals surface area (Å²) in [5.41, 5.74) is 1.72. The van der Waals surface area contributed by atoms with E-state index in [4.69, 9.17) is 10.00 Å². The molecule has 0 aliphatic carbocycles. The molecule has 7 heteroatoms. The average Bonchev–Trinajstić information content (AvgIpc) is 2.66. The van der Waals surface area contributed by atoms with Gasteiger partial charge in [0.1, 0.15) is 16.6 Å². The van der Waals surface area contributed by atoms with Crippen molar-refractivity contribution in [3.8, 4) is 6.07 Å². The third-order valence-electron chi connectivity index (χ3n) is 4.53. The van der Waals surface area contributed by atoms with Crippen LogP contribution < -0.4 is 4.72 Å². The van der Waals surface area contributed by atoms with Gasteiger partial charge in [-0.2, -0.15) is 5.26 Å². The molecule has 0 fully saturated rings. The van der Waals surface area contributed by atoms with E-state index >= 15 is 0 Å². The maximum Gasteiger partial charge on any atom is 0.242 e. The van der Waals surface area contributed by atoms with Crippen LogP contribution in [-0.4, -0.2) is 26.6 Å². The molecule has 25 heavy (non-hydrogen) atoms. The van der Waals surface area contributed by atoms with Crippen molar-refractivity contribution in [3.63, 3.8) is 0 Å². The third-order valence-corrected chi connectivity index (χ3v) is 5.90. The van der Waals surface area contributed by atoms with Gasteiger partial charge in [0.15, 0.2) is 0 Å². The van der Waals surface area contributed by atoms with Gasteiger partial charge in [-0.1, -0.05) is 31.2 Å². The van der Waals surface area contributed by atoms with E-state index in [-0.39, 0.29) is 17.0 Å². The number of nitrogens with zero attached hydrogens (tertiary/aromatic N) is 2. The highest BCUT2D eigenvalue weighted by atomic mass is 32.2. The van der Waals surface area contributed by atoms with E-state index in [1.165, 1.54) is 24.0 Å². The second kappa shape index (κ2) is 6.92. The van der Waals surface area contributed by atoms with Crippen molar-refractivity contribution in [2.45, 2.75) is 30.3 Å². The molecule has 0 radical (unpaired) electrons. The van der Waals surface area contributed by atoms with Gasteiger partial charge in [-0.3, -0.25) is 4.98 Å². The lowest BCUT2D eigenvalue weighted by molar-refractivity contribution is -0.0586. The molecule has 1 atom stereocenters. The Morgan fingerprint density at radius 3 is 2.92 bits per heavy atom. The van der Waals surface area contributed by atoms with E-state index in [0.717, 1.165) is 12.0 Å². The molecule has 1 aliphatic rings. The number of ether oxygens (including phenoxy) is 1. The van der Waals surface area contributed by atoms with Gasteiger partial charge >= 0.3 is 0 Å². The van der Waals surface area contributed by atoms with Gasteiger partial charge in [0.25, 0.3) is 0 Å². The summed E-state index contributed by atoms with van der Waals surface area (Å²) < 4.78 is 33.8. The highest BCUT2D eigenvalue weighted by molar-refractivity contribution is 7.89. The first-order chi connectivity index (χ1) is 12.0. The SMILES string of the molecule is CCC1(CNS(=O)(=O)c2cncc(C#N)c2)OCCc2ccccc21. The number of sulfonamides is 1. The van der Waals surface area contributed by atoms with Crippen LogP contribution in [0.25, 0.3) is 0 Å². The number of nitriles is 1. The van der Waals surface area contributed by atoms with Gasteiger partial charge in [-0.15, -0.1) is 0 Å². The van der Waals surface area contributed by atoms with E-state index in [0.29, 0.717) is 13.0 Å². The van der Waals surface area contributed by atoms with Crippen LogP contribution in [-0.2, 0) is 26.8 Å². The van der Waals surface area contributed by atoms with E-state index in [9.17, 15) is 8.42 Å². The lowest BCUT2D eigenvalue weighted by atomic mass is 9.84. The molecule has 0 saturated carbocycles. The average molecular weight is 357 g/mol. The van der Waals surface area contributed by atoms with Crippen LogP contribution >= 0.6 is 0 Å². The van der Waals surface area contributed by atoms with Gasteiger partial charge in [0.2, 0.25) is 10.0 Å². The number of pyridine rings is 1. The highest BCUT2D eigenvalue weighted by Gasteiger charge is 2.37. The smallest absolute Gasteiger partial charge is 0.242 e. The van der Waals surface area contributed by atoms with Crippen LogP contribution in [0.15, 0.2) is 47.6 Å². The maximum absolute atomic E-state index is 12.6. The summed E-state index contributed by atoms with van der Waals surface area (Å²) in [6, 6.07) is 11.2. The highest BCUT2D eigenvalue weighted by Crippen LogP contribution is 2.35. The summed E-state index contributed by atoms with van der Waals surface area (Å²) in [6.45, 7) is 2.66. The predicted octanol–water partition coefficient (Wildman–Crippen LogP) is 2.11. The minimum Gasteiger partial charge on any atom is -0.369 e. The van der Waals surface area contributed by atoms with Crippen LogP contribution in [0.2, 0.25) is 0 Å². The van der Waals surface area contributed by atoms with Crippen molar-refractivity contribution in [2.24, 2.45) is 0 Å². The number of aromatic nitrogens is 1. The fourth-order valence-corrected chi connectivity index (χ4v) is 4.17. The van der Waals surface area contributed by atoms with E-state index in [1.807, 2.05) is 31.2 Å².